The van der Waals surface area contributed by atoms with E-state index in [1.165, 1.54) is 0 Å². The van der Waals surface area contributed by atoms with Gasteiger partial charge in [-0.05, 0) is 31.7 Å². The molecule has 0 aromatic heterocycles. The summed E-state index contributed by atoms with van der Waals surface area (Å²) in [4.78, 5) is 0. The number of aryl methyl sites for hydroxylation is 1. The summed E-state index contributed by atoms with van der Waals surface area (Å²) in [6, 6.07) is 8.06. The standard InChI is InChI=1S/C15H19NO3S/c1-11-3-2-4-12(7-11)9-16-10-15-6-5-13(19-15)8-14(15)20(16,17)18/h2-4,7,13-14H,5-6,8-10H2,1H3/t13-,14-,15+/m0/s1. The Bertz CT molecular complexity index is 657. The third-order valence-electron chi connectivity index (χ3n) is 4.96. The molecule has 0 amide bonds. The summed E-state index contributed by atoms with van der Waals surface area (Å²) >= 11 is 0. The Labute approximate surface area is 119 Å². The Hall–Kier alpha value is -0.910. The maximum atomic E-state index is 12.7. The average Bonchev–Trinajstić information content (AvgIpc) is 3.00. The first-order chi connectivity index (χ1) is 9.49. The zero-order chi connectivity index (χ0) is 14.0. The van der Waals surface area contributed by atoms with Gasteiger partial charge in [-0.15, -0.1) is 0 Å². The lowest BCUT2D eigenvalue weighted by atomic mass is 9.88. The van der Waals surface area contributed by atoms with Gasteiger partial charge in [-0.25, -0.2) is 8.42 Å². The van der Waals surface area contributed by atoms with Gasteiger partial charge >= 0.3 is 0 Å². The van der Waals surface area contributed by atoms with Crippen molar-refractivity contribution in [1.29, 1.82) is 0 Å². The third kappa shape index (κ3) is 1.70. The molecule has 0 aliphatic carbocycles. The Morgan fingerprint density at radius 1 is 1.45 bits per heavy atom. The number of sulfonamides is 1. The number of hydrogen-bond acceptors (Lipinski definition) is 3. The van der Waals surface area contributed by atoms with E-state index in [9.17, 15) is 8.42 Å². The van der Waals surface area contributed by atoms with Gasteiger partial charge in [0.25, 0.3) is 0 Å². The van der Waals surface area contributed by atoms with Gasteiger partial charge in [0.2, 0.25) is 10.0 Å². The number of hydrogen-bond donors (Lipinski definition) is 0. The van der Waals surface area contributed by atoms with Gasteiger partial charge in [-0.2, -0.15) is 4.31 Å². The molecule has 0 N–H and O–H groups in total. The molecule has 2 bridgehead atoms. The van der Waals surface area contributed by atoms with E-state index in [1.54, 1.807) is 4.31 Å². The van der Waals surface area contributed by atoms with Crippen LogP contribution in [-0.2, 0) is 21.3 Å². The lowest BCUT2D eigenvalue weighted by molar-refractivity contribution is 0.0119. The van der Waals surface area contributed by atoms with Crippen molar-refractivity contribution in [2.24, 2.45) is 0 Å². The highest BCUT2D eigenvalue weighted by molar-refractivity contribution is 7.90. The van der Waals surface area contributed by atoms with Crippen LogP contribution in [0.15, 0.2) is 24.3 Å². The van der Waals surface area contributed by atoms with Gasteiger partial charge in [0.1, 0.15) is 10.9 Å². The van der Waals surface area contributed by atoms with Crippen molar-refractivity contribution in [2.75, 3.05) is 6.54 Å². The van der Waals surface area contributed by atoms with Crippen LogP contribution in [0, 0.1) is 6.92 Å². The second-order valence-electron chi connectivity index (χ2n) is 6.37. The van der Waals surface area contributed by atoms with Crippen LogP contribution in [0.5, 0.6) is 0 Å². The van der Waals surface area contributed by atoms with Gasteiger partial charge in [0.05, 0.1) is 6.10 Å². The summed E-state index contributed by atoms with van der Waals surface area (Å²) in [6.45, 7) is 3.03. The van der Waals surface area contributed by atoms with Crippen LogP contribution in [-0.4, -0.2) is 36.2 Å². The smallest absolute Gasteiger partial charge is 0.220 e. The van der Waals surface area contributed by atoms with Gasteiger partial charge in [-0.3, -0.25) is 0 Å². The molecule has 5 heteroatoms. The highest BCUT2D eigenvalue weighted by Gasteiger charge is 2.65. The van der Waals surface area contributed by atoms with Crippen LogP contribution in [0.25, 0.3) is 0 Å². The minimum Gasteiger partial charge on any atom is -0.369 e. The molecular formula is C15H19NO3S. The largest absolute Gasteiger partial charge is 0.369 e. The van der Waals surface area contributed by atoms with E-state index in [4.69, 9.17) is 4.74 Å². The zero-order valence-corrected chi connectivity index (χ0v) is 12.4. The lowest BCUT2D eigenvalue weighted by Crippen LogP contribution is -2.38. The first-order valence-corrected chi connectivity index (χ1v) is 8.72. The normalized spacial score (nSPS) is 38.2. The highest BCUT2D eigenvalue weighted by atomic mass is 32.2. The molecule has 3 aliphatic rings. The highest BCUT2D eigenvalue weighted by Crippen LogP contribution is 2.52. The second kappa shape index (κ2) is 4.06. The molecule has 3 saturated heterocycles. The van der Waals surface area contributed by atoms with Crippen molar-refractivity contribution in [3.8, 4) is 0 Å². The van der Waals surface area contributed by atoms with Crippen LogP contribution in [0.3, 0.4) is 0 Å². The second-order valence-corrected chi connectivity index (χ2v) is 8.49. The maximum absolute atomic E-state index is 12.7. The third-order valence-corrected chi connectivity index (χ3v) is 7.28. The van der Waals surface area contributed by atoms with E-state index in [2.05, 4.69) is 6.07 Å². The predicted molar refractivity (Wildman–Crippen MR) is 75.8 cm³/mol. The monoisotopic (exact) mass is 293 g/mol. The molecular weight excluding hydrogens is 274 g/mol. The predicted octanol–water partition coefficient (Wildman–Crippen LogP) is 1.83. The van der Waals surface area contributed by atoms with Crippen LogP contribution < -0.4 is 0 Å². The number of benzene rings is 1. The van der Waals surface area contributed by atoms with Crippen molar-refractivity contribution >= 4 is 10.0 Å². The van der Waals surface area contributed by atoms with E-state index in [-0.39, 0.29) is 11.4 Å². The quantitative estimate of drug-likeness (QED) is 0.836. The number of ether oxygens (including phenoxy) is 1. The molecule has 3 atom stereocenters. The van der Waals surface area contributed by atoms with Gasteiger partial charge in [0, 0.05) is 13.1 Å². The Balaban J connectivity index is 1.64. The fourth-order valence-electron chi connectivity index (χ4n) is 4.05. The fraction of sp³-hybridized carbons (Fsp3) is 0.600. The van der Waals surface area contributed by atoms with Crippen molar-refractivity contribution in [3.05, 3.63) is 35.4 Å². The van der Waals surface area contributed by atoms with Crippen molar-refractivity contribution in [2.45, 2.75) is 49.7 Å². The minimum absolute atomic E-state index is 0.177. The fourth-order valence-corrected chi connectivity index (χ4v) is 6.39. The van der Waals surface area contributed by atoms with Gasteiger partial charge in [0.15, 0.2) is 0 Å². The Morgan fingerprint density at radius 3 is 3.00 bits per heavy atom. The molecule has 0 saturated carbocycles. The van der Waals surface area contributed by atoms with E-state index in [1.807, 2.05) is 25.1 Å². The van der Waals surface area contributed by atoms with E-state index in [0.29, 0.717) is 19.5 Å². The van der Waals surface area contributed by atoms with Crippen LogP contribution in [0.2, 0.25) is 0 Å². The number of nitrogens with zero attached hydrogens (tertiary/aromatic N) is 1. The zero-order valence-electron chi connectivity index (χ0n) is 11.6. The summed E-state index contributed by atoms with van der Waals surface area (Å²) in [7, 11) is -3.21. The number of fused-ring (bicyclic) bond motifs is 1. The van der Waals surface area contributed by atoms with Crippen LogP contribution in [0.1, 0.15) is 30.4 Å². The summed E-state index contributed by atoms with van der Waals surface area (Å²) in [6.07, 6.45) is 2.78. The number of rotatable bonds is 2. The van der Waals surface area contributed by atoms with Crippen molar-refractivity contribution < 1.29 is 13.2 Å². The summed E-state index contributed by atoms with van der Waals surface area (Å²) in [5.74, 6) is 0. The van der Waals surface area contributed by atoms with Crippen LogP contribution >= 0.6 is 0 Å². The maximum Gasteiger partial charge on any atom is 0.220 e. The first-order valence-electron chi connectivity index (χ1n) is 7.22. The van der Waals surface area contributed by atoms with Crippen molar-refractivity contribution in [3.63, 3.8) is 0 Å². The summed E-state index contributed by atoms with van der Waals surface area (Å²) in [5.41, 5.74) is 1.81. The Morgan fingerprint density at radius 2 is 2.30 bits per heavy atom. The molecule has 3 fully saturated rings. The molecule has 3 aliphatic heterocycles. The molecule has 20 heavy (non-hydrogen) atoms. The van der Waals surface area contributed by atoms with E-state index >= 15 is 0 Å². The molecule has 0 unspecified atom stereocenters. The average molecular weight is 293 g/mol. The first kappa shape index (κ1) is 12.8. The van der Waals surface area contributed by atoms with Gasteiger partial charge in [-0.1, -0.05) is 29.8 Å². The van der Waals surface area contributed by atoms with Crippen molar-refractivity contribution in [1.82, 2.24) is 4.31 Å². The van der Waals surface area contributed by atoms with Crippen LogP contribution in [0.4, 0.5) is 0 Å². The minimum atomic E-state index is -3.21. The summed E-state index contributed by atoms with van der Waals surface area (Å²) < 4.78 is 33.0. The molecule has 0 radical (unpaired) electrons. The molecule has 1 aromatic carbocycles. The molecule has 108 valence electrons. The van der Waals surface area contributed by atoms with Gasteiger partial charge < -0.3 is 4.74 Å². The SMILES string of the molecule is Cc1cccc(CN2C[C@]34CC[C@@H](C[C@@H]3S2(=O)=O)O4)c1. The Kier molecular flexibility index (Phi) is 2.60. The molecule has 1 aromatic rings. The molecule has 4 nitrogen and oxygen atoms in total. The lowest BCUT2D eigenvalue weighted by Gasteiger charge is -2.21. The van der Waals surface area contributed by atoms with E-state index < -0.39 is 15.6 Å². The summed E-state index contributed by atoms with van der Waals surface area (Å²) in [5, 5.41) is -0.307. The molecule has 1 spiro atoms. The molecule has 4 rings (SSSR count). The molecule has 3 heterocycles. The van der Waals surface area contributed by atoms with E-state index in [0.717, 1.165) is 24.0 Å². The topological polar surface area (TPSA) is 46.6 Å².